The number of hydrogen-bond donors (Lipinski definition) is 2. The molecule has 0 spiro atoms. The van der Waals surface area contributed by atoms with E-state index in [0.29, 0.717) is 16.6 Å². The lowest BCUT2D eigenvalue weighted by molar-refractivity contribution is -0.122. The molecule has 2 rings (SSSR count). The number of benzene rings is 1. The molecule has 1 aromatic rings. The van der Waals surface area contributed by atoms with Crippen molar-refractivity contribution in [3.8, 4) is 0 Å². The molecule has 1 unspecified atom stereocenters. The van der Waals surface area contributed by atoms with E-state index in [9.17, 15) is 4.79 Å². The highest BCUT2D eigenvalue weighted by molar-refractivity contribution is 6.34. The van der Waals surface area contributed by atoms with Crippen LogP contribution in [0.1, 0.15) is 24.8 Å². The van der Waals surface area contributed by atoms with Gasteiger partial charge in [0.15, 0.2) is 0 Å². The first kappa shape index (κ1) is 13.7. The number of carbonyl (C=O) groups excluding carboxylic acids is 1. The molecule has 1 aliphatic heterocycles. The van der Waals surface area contributed by atoms with Crippen LogP contribution in [0, 0.1) is 0 Å². The maximum absolute atomic E-state index is 11.7. The number of rotatable bonds is 3. The molecule has 1 aliphatic rings. The van der Waals surface area contributed by atoms with Crippen LogP contribution in [0.25, 0.3) is 0 Å². The van der Waals surface area contributed by atoms with Crippen molar-refractivity contribution in [3.63, 3.8) is 0 Å². The lowest BCUT2D eigenvalue weighted by Gasteiger charge is -2.15. The first-order chi connectivity index (χ1) is 8.65. The van der Waals surface area contributed by atoms with Gasteiger partial charge in [-0.2, -0.15) is 0 Å². The van der Waals surface area contributed by atoms with Crippen LogP contribution in [-0.4, -0.2) is 18.5 Å². The summed E-state index contributed by atoms with van der Waals surface area (Å²) in [5.41, 5.74) is 0.990. The highest BCUT2D eigenvalue weighted by atomic mass is 35.5. The summed E-state index contributed by atoms with van der Waals surface area (Å²) in [7, 11) is 0. The number of amides is 1. The van der Waals surface area contributed by atoms with E-state index in [-0.39, 0.29) is 11.9 Å². The van der Waals surface area contributed by atoms with Crippen LogP contribution in [0.15, 0.2) is 18.2 Å². The molecule has 18 heavy (non-hydrogen) atoms. The molecule has 3 nitrogen and oxygen atoms in total. The monoisotopic (exact) mass is 286 g/mol. The summed E-state index contributed by atoms with van der Waals surface area (Å²) in [6.45, 7) is 1.37. The molecule has 1 atom stereocenters. The van der Waals surface area contributed by atoms with Crippen LogP contribution in [0.3, 0.4) is 0 Å². The van der Waals surface area contributed by atoms with E-state index in [1.165, 1.54) is 0 Å². The Kier molecular flexibility index (Phi) is 4.87. The second-order valence-corrected chi connectivity index (χ2v) is 5.37. The summed E-state index contributed by atoms with van der Waals surface area (Å²) in [4.78, 5) is 11.7. The Bertz CT molecular complexity index is 417. The van der Waals surface area contributed by atoms with Crippen LogP contribution in [0.5, 0.6) is 0 Å². The van der Waals surface area contributed by atoms with Gasteiger partial charge in [-0.1, -0.05) is 23.2 Å². The Hall–Kier alpha value is -0.770. The van der Waals surface area contributed by atoms with E-state index < -0.39 is 0 Å². The molecule has 0 saturated carbocycles. The molecule has 1 fully saturated rings. The van der Waals surface area contributed by atoms with E-state index >= 15 is 0 Å². The van der Waals surface area contributed by atoms with E-state index in [2.05, 4.69) is 10.6 Å². The molecule has 1 amide bonds. The van der Waals surface area contributed by atoms with E-state index in [1.54, 1.807) is 6.07 Å². The van der Waals surface area contributed by atoms with Gasteiger partial charge >= 0.3 is 0 Å². The maximum Gasteiger partial charge on any atom is 0.237 e. The summed E-state index contributed by atoms with van der Waals surface area (Å²) < 4.78 is 0. The fourth-order valence-electron chi connectivity index (χ4n) is 2.09. The lowest BCUT2D eigenvalue weighted by atomic mass is 10.1. The first-order valence-corrected chi connectivity index (χ1v) is 6.87. The zero-order valence-corrected chi connectivity index (χ0v) is 11.5. The molecule has 5 heteroatoms. The average molecular weight is 287 g/mol. The highest BCUT2D eigenvalue weighted by Gasteiger charge is 2.19. The standard InChI is InChI=1S/C13H16Cl2N2O/c14-10-5-9(6-11(15)7-10)8-17-12-3-1-2-4-16-13(12)18/h5-7,12,17H,1-4,8H2,(H,16,18). The van der Waals surface area contributed by atoms with Crippen molar-refractivity contribution >= 4 is 29.1 Å². The van der Waals surface area contributed by atoms with Crippen molar-refractivity contribution in [2.24, 2.45) is 0 Å². The summed E-state index contributed by atoms with van der Waals surface area (Å²) in [5.74, 6) is 0.0839. The first-order valence-electron chi connectivity index (χ1n) is 6.11. The van der Waals surface area contributed by atoms with Gasteiger partial charge in [-0.15, -0.1) is 0 Å². The average Bonchev–Trinajstić information content (AvgIpc) is 2.50. The van der Waals surface area contributed by atoms with Gasteiger partial charge in [0, 0.05) is 23.1 Å². The molecule has 0 aliphatic carbocycles. The summed E-state index contributed by atoms with van der Waals surface area (Å²) in [5, 5.41) is 7.38. The van der Waals surface area contributed by atoms with E-state index in [0.717, 1.165) is 31.4 Å². The lowest BCUT2D eigenvalue weighted by Crippen LogP contribution is -2.42. The van der Waals surface area contributed by atoms with Gasteiger partial charge in [0.25, 0.3) is 0 Å². The van der Waals surface area contributed by atoms with Gasteiger partial charge in [0.1, 0.15) is 0 Å². The van der Waals surface area contributed by atoms with Crippen molar-refractivity contribution < 1.29 is 4.79 Å². The molecule has 0 radical (unpaired) electrons. The Morgan fingerprint density at radius 2 is 1.94 bits per heavy atom. The topological polar surface area (TPSA) is 41.1 Å². The Morgan fingerprint density at radius 1 is 1.22 bits per heavy atom. The van der Waals surface area contributed by atoms with Gasteiger partial charge in [-0.25, -0.2) is 0 Å². The maximum atomic E-state index is 11.7. The SMILES string of the molecule is O=C1NCCCCC1NCc1cc(Cl)cc(Cl)c1. The minimum absolute atomic E-state index is 0.0839. The minimum atomic E-state index is -0.120. The Morgan fingerprint density at radius 3 is 2.67 bits per heavy atom. The normalized spacial score (nSPS) is 20.3. The van der Waals surface area contributed by atoms with Crippen molar-refractivity contribution in [2.75, 3.05) is 6.54 Å². The minimum Gasteiger partial charge on any atom is -0.355 e. The fraction of sp³-hybridized carbons (Fsp3) is 0.462. The quantitative estimate of drug-likeness (QED) is 0.897. The third kappa shape index (κ3) is 3.87. The summed E-state index contributed by atoms with van der Waals surface area (Å²) in [6.07, 6.45) is 2.99. The smallest absolute Gasteiger partial charge is 0.237 e. The van der Waals surface area contributed by atoms with Gasteiger partial charge in [0.05, 0.1) is 6.04 Å². The van der Waals surface area contributed by atoms with Crippen molar-refractivity contribution in [2.45, 2.75) is 31.8 Å². The van der Waals surface area contributed by atoms with Crippen molar-refractivity contribution in [1.82, 2.24) is 10.6 Å². The number of halogens is 2. The predicted molar refractivity (Wildman–Crippen MR) is 74.0 cm³/mol. The van der Waals surface area contributed by atoms with Crippen LogP contribution in [0.2, 0.25) is 10.0 Å². The molecule has 1 heterocycles. The zero-order valence-electron chi connectivity index (χ0n) is 10.0. The van der Waals surface area contributed by atoms with Gasteiger partial charge in [-0.3, -0.25) is 4.79 Å². The van der Waals surface area contributed by atoms with Crippen molar-refractivity contribution in [1.29, 1.82) is 0 Å². The third-order valence-corrected chi connectivity index (χ3v) is 3.45. The van der Waals surface area contributed by atoms with Crippen molar-refractivity contribution in [3.05, 3.63) is 33.8 Å². The van der Waals surface area contributed by atoms with Crippen LogP contribution >= 0.6 is 23.2 Å². The van der Waals surface area contributed by atoms with Crippen LogP contribution in [-0.2, 0) is 11.3 Å². The van der Waals surface area contributed by atoms with Gasteiger partial charge in [0.2, 0.25) is 5.91 Å². The fourth-order valence-corrected chi connectivity index (χ4v) is 2.66. The van der Waals surface area contributed by atoms with Crippen LogP contribution < -0.4 is 10.6 Å². The Labute approximate surface area is 117 Å². The second-order valence-electron chi connectivity index (χ2n) is 4.50. The number of hydrogen-bond acceptors (Lipinski definition) is 2. The number of carbonyl (C=O) groups is 1. The van der Waals surface area contributed by atoms with E-state index in [1.807, 2.05) is 12.1 Å². The van der Waals surface area contributed by atoms with Gasteiger partial charge < -0.3 is 10.6 Å². The van der Waals surface area contributed by atoms with Gasteiger partial charge in [-0.05, 0) is 43.0 Å². The Balaban J connectivity index is 1.95. The molecule has 0 aromatic heterocycles. The predicted octanol–water partition coefficient (Wildman–Crippen LogP) is 2.75. The van der Waals surface area contributed by atoms with Crippen LogP contribution in [0.4, 0.5) is 0 Å². The molecule has 2 N–H and O–H groups in total. The zero-order chi connectivity index (χ0) is 13.0. The molecular weight excluding hydrogens is 271 g/mol. The molecular formula is C13H16Cl2N2O. The third-order valence-electron chi connectivity index (χ3n) is 3.01. The highest BCUT2D eigenvalue weighted by Crippen LogP contribution is 2.19. The summed E-state index contributed by atoms with van der Waals surface area (Å²) in [6, 6.07) is 5.29. The second kappa shape index (κ2) is 6.41. The number of nitrogens with one attached hydrogen (secondary N) is 2. The van der Waals surface area contributed by atoms with E-state index in [4.69, 9.17) is 23.2 Å². The largest absolute Gasteiger partial charge is 0.355 e. The molecule has 1 saturated heterocycles. The summed E-state index contributed by atoms with van der Waals surface area (Å²) >= 11 is 11.9. The molecule has 1 aromatic carbocycles. The molecule has 98 valence electrons. The molecule has 0 bridgehead atoms.